The first kappa shape index (κ1) is 23.4. The molecule has 1 atom stereocenters. The Balaban J connectivity index is 1.88. The third kappa shape index (κ3) is 7.82. The topological polar surface area (TPSA) is 71.0 Å². The van der Waals surface area contributed by atoms with Crippen LogP contribution < -0.4 is 15.4 Å². The van der Waals surface area contributed by atoms with Crippen molar-refractivity contribution in [3.05, 3.63) is 23.9 Å². The second-order valence-corrected chi connectivity index (χ2v) is 7.77. The number of nitrogens with zero attached hydrogens (tertiary/aromatic N) is 3. The van der Waals surface area contributed by atoms with E-state index in [-0.39, 0.29) is 6.10 Å². The summed E-state index contributed by atoms with van der Waals surface area (Å²) in [6.07, 6.45) is 4.34. The van der Waals surface area contributed by atoms with Crippen molar-refractivity contribution >= 4 is 5.96 Å². The fourth-order valence-electron chi connectivity index (χ4n) is 3.77. The lowest BCUT2D eigenvalue weighted by atomic mass is 9.92. The van der Waals surface area contributed by atoms with E-state index in [4.69, 9.17) is 9.47 Å². The van der Waals surface area contributed by atoms with Gasteiger partial charge in [0.05, 0.1) is 19.3 Å². The Hall–Kier alpha value is -1.86. The Kier molecular flexibility index (Phi) is 10.2. The lowest BCUT2D eigenvalue weighted by Crippen LogP contribution is -2.53. The molecule has 1 saturated heterocycles. The molecule has 2 N–H and O–H groups in total. The maximum atomic E-state index is 5.60. The number of guanidine groups is 1. The van der Waals surface area contributed by atoms with Crippen LogP contribution in [-0.2, 0) is 11.3 Å². The van der Waals surface area contributed by atoms with Crippen molar-refractivity contribution in [3.63, 3.8) is 0 Å². The molecule has 7 heteroatoms. The highest BCUT2D eigenvalue weighted by molar-refractivity contribution is 5.79. The molecule has 1 unspecified atom stereocenters. The molecule has 2 heterocycles. The summed E-state index contributed by atoms with van der Waals surface area (Å²) in [6.45, 7) is 13.8. The van der Waals surface area contributed by atoms with E-state index in [1.807, 2.05) is 39.2 Å². The minimum Gasteiger partial charge on any atom is -0.475 e. The van der Waals surface area contributed by atoms with Gasteiger partial charge in [-0.2, -0.15) is 0 Å². The normalized spacial score (nSPS) is 16.9. The number of aromatic nitrogens is 1. The number of rotatable bonds is 10. The molecule has 0 aromatic carbocycles. The molecule has 164 valence electrons. The number of hydrogen-bond donors (Lipinski definition) is 2. The van der Waals surface area contributed by atoms with Crippen LogP contribution >= 0.6 is 0 Å². The zero-order valence-corrected chi connectivity index (χ0v) is 18.8. The minimum atomic E-state index is 0.129. The summed E-state index contributed by atoms with van der Waals surface area (Å²) < 4.78 is 11.1. The highest BCUT2D eigenvalue weighted by Crippen LogP contribution is 2.19. The first-order valence-electron chi connectivity index (χ1n) is 10.9. The van der Waals surface area contributed by atoms with Crippen molar-refractivity contribution in [2.24, 2.45) is 10.9 Å². The van der Waals surface area contributed by atoms with Crippen molar-refractivity contribution in [3.8, 4) is 5.88 Å². The van der Waals surface area contributed by atoms with E-state index in [2.05, 4.69) is 39.4 Å². The van der Waals surface area contributed by atoms with Gasteiger partial charge in [0.15, 0.2) is 5.96 Å². The van der Waals surface area contributed by atoms with E-state index in [1.165, 1.54) is 12.8 Å². The molecule has 0 amide bonds. The number of nitrogens with one attached hydrogen (secondary N) is 2. The van der Waals surface area contributed by atoms with Crippen LogP contribution in [0.4, 0.5) is 0 Å². The summed E-state index contributed by atoms with van der Waals surface area (Å²) in [5, 5.41) is 6.93. The van der Waals surface area contributed by atoms with Gasteiger partial charge >= 0.3 is 0 Å². The maximum absolute atomic E-state index is 5.60. The fraction of sp³-hybridized carbons (Fsp3) is 0.727. The molecule has 7 nitrogen and oxygen atoms in total. The van der Waals surface area contributed by atoms with Crippen LogP contribution in [0.15, 0.2) is 23.3 Å². The van der Waals surface area contributed by atoms with Crippen LogP contribution in [0.1, 0.15) is 46.1 Å². The van der Waals surface area contributed by atoms with Gasteiger partial charge in [0.25, 0.3) is 0 Å². The molecule has 1 aromatic rings. The number of aliphatic imine (C=N–C) groups is 1. The summed E-state index contributed by atoms with van der Waals surface area (Å²) in [7, 11) is 1.81. The first-order chi connectivity index (χ1) is 14.1. The second kappa shape index (κ2) is 12.6. The quantitative estimate of drug-likeness (QED) is 0.461. The van der Waals surface area contributed by atoms with Gasteiger partial charge in [-0.05, 0) is 25.3 Å². The lowest BCUT2D eigenvalue weighted by Gasteiger charge is -2.39. The highest BCUT2D eigenvalue weighted by atomic mass is 16.5. The Morgan fingerprint density at radius 1 is 1.21 bits per heavy atom. The molecule has 1 aliphatic heterocycles. The summed E-state index contributed by atoms with van der Waals surface area (Å²) in [6, 6.07) is 4.43. The average Bonchev–Trinajstić information content (AvgIpc) is 2.74. The highest BCUT2D eigenvalue weighted by Gasteiger charge is 2.26. The van der Waals surface area contributed by atoms with Gasteiger partial charge in [-0.15, -0.1) is 0 Å². The molecular weight excluding hydrogens is 366 g/mol. The van der Waals surface area contributed by atoms with Gasteiger partial charge in [-0.3, -0.25) is 9.89 Å². The SMILES string of the molecule is CCC(CC)C(CNC(=NC)NCc1ccc(OC(C)C)nc1)N1CCOCC1. The third-order valence-electron chi connectivity index (χ3n) is 5.42. The number of morpholine rings is 1. The third-order valence-corrected chi connectivity index (χ3v) is 5.42. The summed E-state index contributed by atoms with van der Waals surface area (Å²) >= 11 is 0. The minimum absolute atomic E-state index is 0.129. The predicted molar refractivity (Wildman–Crippen MR) is 118 cm³/mol. The molecule has 0 spiro atoms. The molecule has 0 bridgehead atoms. The van der Waals surface area contributed by atoms with Crippen LogP contribution in [0.2, 0.25) is 0 Å². The molecule has 2 rings (SSSR count). The van der Waals surface area contributed by atoms with Crippen molar-refractivity contribution in [2.75, 3.05) is 39.9 Å². The molecule has 29 heavy (non-hydrogen) atoms. The molecule has 1 aliphatic rings. The Morgan fingerprint density at radius 2 is 1.93 bits per heavy atom. The van der Waals surface area contributed by atoms with Crippen molar-refractivity contribution in [1.29, 1.82) is 0 Å². The second-order valence-electron chi connectivity index (χ2n) is 7.77. The number of hydrogen-bond acceptors (Lipinski definition) is 5. The van der Waals surface area contributed by atoms with E-state index >= 15 is 0 Å². The van der Waals surface area contributed by atoms with Gasteiger partial charge in [0.1, 0.15) is 0 Å². The first-order valence-corrected chi connectivity index (χ1v) is 10.9. The van der Waals surface area contributed by atoms with E-state index in [0.717, 1.165) is 44.4 Å². The van der Waals surface area contributed by atoms with E-state index < -0.39 is 0 Å². The predicted octanol–water partition coefficient (Wildman–Crippen LogP) is 2.67. The van der Waals surface area contributed by atoms with E-state index in [1.54, 1.807) is 0 Å². The van der Waals surface area contributed by atoms with Crippen LogP contribution in [0.25, 0.3) is 0 Å². The van der Waals surface area contributed by atoms with Crippen LogP contribution in [0, 0.1) is 5.92 Å². The van der Waals surface area contributed by atoms with Gasteiger partial charge in [-0.25, -0.2) is 4.98 Å². The van der Waals surface area contributed by atoms with Gasteiger partial charge in [0.2, 0.25) is 5.88 Å². The molecule has 1 fully saturated rings. The fourth-order valence-corrected chi connectivity index (χ4v) is 3.77. The molecule has 0 saturated carbocycles. The van der Waals surface area contributed by atoms with Gasteiger partial charge in [0, 0.05) is 51.5 Å². The zero-order valence-electron chi connectivity index (χ0n) is 18.8. The van der Waals surface area contributed by atoms with E-state index in [9.17, 15) is 0 Å². The molecule has 0 radical (unpaired) electrons. The average molecular weight is 406 g/mol. The molecular formula is C22H39N5O2. The van der Waals surface area contributed by atoms with Crippen molar-refractivity contribution in [1.82, 2.24) is 20.5 Å². The molecule has 0 aliphatic carbocycles. The maximum Gasteiger partial charge on any atom is 0.213 e. The van der Waals surface area contributed by atoms with Crippen molar-refractivity contribution < 1.29 is 9.47 Å². The van der Waals surface area contributed by atoms with Crippen LogP contribution in [0.3, 0.4) is 0 Å². The van der Waals surface area contributed by atoms with Crippen molar-refractivity contribution in [2.45, 2.75) is 59.2 Å². The Labute approximate surface area is 176 Å². The van der Waals surface area contributed by atoms with Crippen LogP contribution in [0.5, 0.6) is 5.88 Å². The van der Waals surface area contributed by atoms with Gasteiger partial charge < -0.3 is 20.1 Å². The molecule has 1 aromatic heterocycles. The summed E-state index contributed by atoms with van der Waals surface area (Å²) in [5.41, 5.74) is 1.09. The van der Waals surface area contributed by atoms with Crippen LogP contribution in [-0.4, -0.2) is 67.9 Å². The van der Waals surface area contributed by atoms with E-state index in [0.29, 0.717) is 24.4 Å². The summed E-state index contributed by atoms with van der Waals surface area (Å²) in [4.78, 5) is 11.3. The van der Waals surface area contributed by atoms with Gasteiger partial charge in [-0.1, -0.05) is 32.8 Å². The zero-order chi connectivity index (χ0) is 21.1. The number of pyridine rings is 1. The Morgan fingerprint density at radius 3 is 2.48 bits per heavy atom. The Bertz CT molecular complexity index is 596. The lowest BCUT2D eigenvalue weighted by molar-refractivity contribution is 0.00272. The largest absolute Gasteiger partial charge is 0.475 e. The summed E-state index contributed by atoms with van der Waals surface area (Å²) in [5.74, 6) is 2.14. The smallest absolute Gasteiger partial charge is 0.213 e. The number of ether oxygens (including phenoxy) is 2. The monoisotopic (exact) mass is 405 g/mol. The standard InChI is InChI=1S/C22H39N5O2/c1-6-19(7-2)20(27-10-12-28-13-11-27)16-26-22(23-5)25-15-18-8-9-21(24-14-18)29-17(3)4/h8-9,14,17,19-20H,6-7,10-13,15-16H2,1-5H3,(H2,23,25,26).